The van der Waals surface area contributed by atoms with Crippen molar-refractivity contribution in [2.24, 2.45) is 11.3 Å². The number of benzene rings is 1. The molecule has 14 nitrogen and oxygen atoms in total. The van der Waals surface area contributed by atoms with E-state index in [1.165, 1.54) is 4.90 Å². The lowest BCUT2D eigenvalue weighted by atomic mass is 9.87. The Morgan fingerprint density at radius 1 is 1.11 bits per heavy atom. The Kier molecular flexibility index (Phi) is 10.8. The third-order valence-electron chi connectivity index (χ3n) is 12.3. The number of nitrogens with one attached hydrogen (secondary N) is 3. The van der Waals surface area contributed by atoms with Gasteiger partial charge in [-0.05, 0) is 88.3 Å². The first kappa shape index (κ1) is 40.8. The fourth-order valence-electron chi connectivity index (χ4n) is 8.41. The number of pyridine rings is 1. The smallest absolute Gasteiger partial charge is 0.407 e. The van der Waals surface area contributed by atoms with E-state index in [1.54, 1.807) is 14.0 Å². The summed E-state index contributed by atoms with van der Waals surface area (Å²) in [6.45, 7) is 9.62. The number of methoxy groups -OCH3 is 1. The van der Waals surface area contributed by atoms with Crippen LogP contribution in [0.2, 0.25) is 0 Å². The van der Waals surface area contributed by atoms with Gasteiger partial charge in [-0.25, -0.2) is 18.2 Å². The Balaban J connectivity index is 1.24. The van der Waals surface area contributed by atoms with Crippen molar-refractivity contribution in [2.45, 2.75) is 140 Å². The molecule has 3 aliphatic heterocycles. The van der Waals surface area contributed by atoms with Crippen molar-refractivity contribution in [1.29, 1.82) is 0 Å². The molecule has 3 N–H and O–H groups in total. The Hall–Kier alpha value is -4.40. The zero-order valence-electron chi connectivity index (χ0n) is 34.0. The second kappa shape index (κ2) is 15.1. The van der Waals surface area contributed by atoms with Gasteiger partial charge >= 0.3 is 6.09 Å². The molecule has 4 heterocycles. The van der Waals surface area contributed by atoms with Crippen LogP contribution in [0.5, 0.6) is 11.5 Å². The van der Waals surface area contributed by atoms with E-state index in [9.17, 15) is 27.6 Å². The predicted molar refractivity (Wildman–Crippen MR) is 213 cm³/mol. The van der Waals surface area contributed by atoms with Gasteiger partial charge in [0.25, 0.3) is 5.91 Å². The molecule has 2 aromatic rings. The normalized spacial score (nSPS) is 29.0. The zero-order chi connectivity index (χ0) is 41.0. The van der Waals surface area contributed by atoms with Gasteiger partial charge in [0.05, 0.1) is 36.2 Å². The van der Waals surface area contributed by atoms with Gasteiger partial charge in [-0.15, -0.1) is 0 Å². The van der Waals surface area contributed by atoms with Gasteiger partial charge < -0.3 is 29.7 Å². The Bertz CT molecular complexity index is 2090. The van der Waals surface area contributed by atoms with E-state index in [1.807, 2.05) is 58.0 Å². The van der Waals surface area contributed by atoms with E-state index < -0.39 is 67.7 Å². The highest BCUT2D eigenvalue weighted by atomic mass is 32.2. The SMILES string of the molecule is CCc1nc2ccc(OC)cc2c2c1O[C@]1(CC2)C[C@H]2C(=O)N[C@]3(C(=O)NS(=O)(=O)C4(C)CC4)C[C@H]3/C=C\CCCCC[C@H](NC(=O)OCC(C)(C)C)C(=O)N2C1. The second-order valence-electron chi connectivity index (χ2n) is 18.1. The number of nitrogens with zero attached hydrogens (tertiary/aromatic N) is 2. The summed E-state index contributed by atoms with van der Waals surface area (Å²) < 4.78 is 45.8. The van der Waals surface area contributed by atoms with Crippen molar-refractivity contribution < 1.29 is 41.8 Å². The van der Waals surface area contributed by atoms with Gasteiger partial charge in [-0.2, -0.15) is 0 Å². The van der Waals surface area contributed by atoms with E-state index in [-0.39, 0.29) is 31.4 Å². The summed E-state index contributed by atoms with van der Waals surface area (Å²) >= 11 is 0. The number of sulfonamides is 1. The maximum absolute atomic E-state index is 14.8. The monoisotopic (exact) mass is 807 g/mol. The van der Waals surface area contributed by atoms with Gasteiger partial charge in [0, 0.05) is 23.3 Å². The molecule has 7 rings (SSSR count). The lowest BCUT2D eigenvalue weighted by Gasteiger charge is -2.37. The molecule has 4 amide bonds. The second-order valence-corrected chi connectivity index (χ2v) is 20.3. The molecule has 57 heavy (non-hydrogen) atoms. The molecule has 15 heteroatoms. The van der Waals surface area contributed by atoms with Gasteiger partial charge in [0.1, 0.15) is 34.7 Å². The molecule has 0 bridgehead atoms. The molecule has 1 spiro atoms. The fourth-order valence-corrected chi connectivity index (χ4v) is 9.72. The van der Waals surface area contributed by atoms with Crippen molar-refractivity contribution >= 4 is 44.7 Å². The predicted octanol–water partition coefficient (Wildman–Crippen LogP) is 5.01. The molecular formula is C42H57N5O9S. The number of ether oxygens (including phenoxy) is 3. The van der Waals surface area contributed by atoms with Crippen LogP contribution in [0, 0.1) is 11.3 Å². The minimum absolute atomic E-state index is 0.0488. The van der Waals surface area contributed by atoms with Crippen molar-refractivity contribution in [3.05, 3.63) is 41.6 Å². The largest absolute Gasteiger partial charge is 0.497 e. The molecule has 1 aromatic carbocycles. The van der Waals surface area contributed by atoms with Crippen molar-refractivity contribution in [3.8, 4) is 11.5 Å². The number of carbonyl (C=O) groups excluding carboxylic acids is 4. The first-order valence-corrected chi connectivity index (χ1v) is 21.9. The molecule has 2 aliphatic carbocycles. The lowest BCUT2D eigenvalue weighted by molar-refractivity contribution is -0.141. The average Bonchev–Trinajstić information content (AvgIpc) is 4.06. The van der Waals surface area contributed by atoms with E-state index in [0.29, 0.717) is 62.9 Å². The first-order chi connectivity index (χ1) is 26.9. The maximum Gasteiger partial charge on any atom is 0.407 e. The topological polar surface area (TPSA) is 182 Å². The summed E-state index contributed by atoms with van der Waals surface area (Å²) in [5.41, 5.74) is -0.234. The Morgan fingerprint density at radius 3 is 2.58 bits per heavy atom. The first-order valence-electron chi connectivity index (χ1n) is 20.4. The highest BCUT2D eigenvalue weighted by molar-refractivity contribution is 7.91. The van der Waals surface area contributed by atoms with Crippen LogP contribution >= 0.6 is 0 Å². The van der Waals surface area contributed by atoms with Gasteiger partial charge in [0.15, 0.2) is 0 Å². The summed E-state index contributed by atoms with van der Waals surface area (Å²) in [5.74, 6) is -0.927. The number of amides is 4. The van der Waals surface area contributed by atoms with Gasteiger partial charge in [-0.1, -0.05) is 52.7 Å². The van der Waals surface area contributed by atoms with E-state index in [2.05, 4.69) is 15.4 Å². The van der Waals surface area contributed by atoms with Crippen LogP contribution in [0.3, 0.4) is 0 Å². The quantitative estimate of drug-likeness (QED) is 0.322. The van der Waals surface area contributed by atoms with Crippen LogP contribution in [0.4, 0.5) is 4.79 Å². The van der Waals surface area contributed by atoms with Crippen LogP contribution in [-0.2, 0) is 42.0 Å². The maximum atomic E-state index is 14.8. The summed E-state index contributed by atoms with van der Waals surface area (Å²) in [7, 11) is -2.38. The van der Waals surface area contributed by atoms with Crippen LogP contribution in [0.1, 0.15) is 110 Å². The summed E-state index contributed by atoms with van der Waals surface area (Å²) in [4.78, 5) is 63.1. The molecule has 1 saturated heterocycles. The van der Waals surface area contributed by atoms with Crippen molar-refractivity contribution in [3.63, 3.8) is 0 Å². The lowest BCUT2D eigenvalue weighted by Crippen LogP contribution is -2.58. The van der Waals surface area contributed by atoms with E-state index in [0.717, 1.165) is 35.0 Å². The van der Waals surface area contributed by atoms with Crippen LogP contribution < -0.4 is 24.8 Å². The Labute approximate surface area is 335 Å². The highest BCUT2D eigenvalue weighted by Crippen LogP contribution is 2.49. The number of alkyl carbamates (subject to hydrolysis) is 1. The van der Waals surface area contributed by atoms with Gasteiger partial charge in [0.2, 0.25) is 21.8 Å². The molecule has 3 fully saturated rings. The summed E-state index contributed by atoms with van der Waals surface area (Å²) in [6, 6.07) is 3.66. The average molecular weight is 808 g/mol. The number of fused-ring (bicyclic) bond motifs is 5. The molecule has 0 radical (unpaired) electrons. The van der Waals surface area contributed by atoms with Gasteiger partial charge in [-0.3, -0.25) is 19.1 Å². The number of hydrogen-bond acceptors (Lipinski definition) is 10. The Morgan fingerprint density at radius 2 is 1.88 bits per heavy atom. The molecule has 0 unspecified atom stereocenters. The molecule has 1 aromatic heterocycles. The van der Waals surface area contributed by atoms with Crippen LogP contribution in [0.25, 0.3) is 10.9 Å². The summed E-state index contributed by atoms with van der Waals surface area (Å²) in [6.07, 6.45) is 9.25. The summed E-state index contributed by atoms with van der Waals surface area (Å²) in [5, 5.41) is 6.69. The number of allylic oxidation sites excluding steroid dienone is 1. The third-order valence-corrected chi connectivity index (χ3v) is 14.5. The third kappa shape index (κ3) is 8.18. The number of rotatable bonds is 7. The number of aromatic nitrogens is 1. The highest BCUT2D eigenvalue weighted by Gasteiger charge is 2.64. The zero-order valence-corrected chi connectivity index (χ0v) is 34.8. The molecule has 310 valence electrons. The van der Waals surface area contributed by atoms with Crippen molar-refractivity contribution in [2.75, 3.05) is 20.3 Å². The number of carbonyl (C=O) groups is 4. The minimum Gasteiger partial charge on any atom is -0.497 e. The number of aryl methyl sites for hydroxylation is 2. The van der Waals surface area contributed by atoms with Crippen LogP contribution in [-0.4, -0.2) is 90.3 Å². The molecule has 5 aliphatic rings. The van der Waals surface area contributed by atoms with Crippen molar-refractivity contribution in [1.82, 2.24) is 25.2 Å². The molecule has 2 saturated carbocycles. The standard InChI is InChI=1S/C42H57N5O9S/c1-7-30-34-28(29-21-27(54-6)15-16-31(29)43-30)17-18-41(56-34)23-33-35(48)45-42(37(50)46-57(52,53)40(5)19-20-40)22-26(42)13-11-9-8-10-12-14-32(36(49)47(33)24-41)44-38(51)55-25-39(2,3)4/h11,13,15-16,21,26,32-33H,7-10,12,14,17-20,22-25H2,1-6H3,(H,44,51)(H,45,48)(H,46,50)/b13-11-/t26-,32+,33+,41-,42-/m1/s1. The van der Waals surface area contributed by atoms with Crippen LogP contribution in [0.15, 0.2) is 30.4 Å². The minimum atomic E-state index is -3.99. The number of hydrogen-bond donors (Lipinski definition) is 3. The molecular weight excluding hydrogens is 751 g/mol. The van der Waals surface area contributed by atoms with E-state index >= 15 is 0 Å². The fraction of sp³-hybridized carbons (Fsp3) is 0.643. The van der Waals surface area contributed by atoms with E-state index in [4.69, 9.17) is 19.2 Å². The molecule has 5 atom stereocenters.